The second-order valence-electron chi connectivity index (χ2n) is 2.89. The van der Waals surface area contributed by atoms with Crippen LogP contribution in [0.25, 0.3) is 0 Å². The summed E-state index contributed by atoms with van der Waals surface area (Å²) in [6.45, 7) is 4.12. The fourth-order valence-electron chi connectivity index (χ4n) is 1.06. The molecule has 0 fully saturated rings. The normalized spacial score (nSPS) is 10.5. The van der Waals surface area contributed by atoms with Gasteiger partial charge in [-0.2, -0.15) is 5.10 Å². The number of carbonyl (C=O) groups excluding carboxylic acids is 1. The molecule has 1 heterocycles. The number of hydrogen-bond acceptors (Lipinski definition) is 3. The summed E-state index contributed by atoms with van der Waals surface area (Å²) in [5, 5.41) is 4.19. The maximum absolute atomic E-state index is 11.1. The molecule has 72 valence electrons. The number of aryl methyl sites for hydroxylation is 1. The van der Waals surface area contributed by atoms with Gasteiger partial charge in [-0.25, -0.2) is 0 Å². The molecule has 2 N–H and O–H groups in total. The third kappa shape index (κ3) is 2.16. The van der Waals surface area contributed by atoms with E-state index in [1.54, 1.807) is 4.68 Å². The molecule has 0 aliphatic heterocycles. The Balaban J connectivity index is 2.90. The van der Waals surface area contributed by atoms with E-state index >= 15 is 0 Å². The number of nitrogens with two attached hydrogens (primary N) is 1. The van der Waals surface area contributed by atoms with Crippen molar-refractivity contribution in [2.24, 2.45) is 5.73 Å². The van der Waals surface area contributed by atoms with Gasteiger partial charge in [0.1, 0.15) is 6.54 Å². The second-order valence-corrected chi connectivity index (χ2v) is 3.68. The van der Waals surface area contributed by atoms with Crippen molar-refractivity contribution in [3.8, 4) is 0 Å². The van der Waals surface area contributed by atoms with Gasteiger partial charge < -0.3 is 5.73 Å². The molecular weight excluding hydrogens is 234 g/mol. The predicted octanol–water partition coefficient (Wildman–Crippen LogP) is 0.790. The molecule has 0 unspecified atom stereocenters. The highest BCUT2D eigenvalue weighted by atomic mass is 79.9. The van der Waals surface area contributed by atoms with Gasteiger partial charge in [0.25, 0.3) is 0 Å². The Morgan fingerprint density at radius 1 is 1.62 bits per heavy atom. The largest absolute Gasteiger partial charge is 0.324 e. The lowest BCUT2D eigenvalue weighted by Crippen LogP contribution is -2.20. The number of carbonyl (C=O) groups is 1. The number of halogens is 1. The zero-order chi connectivity index (χ0) is 10.0. The first-order chi connectivity index (χ1) is 6.06. The molecule has 1 rings (SSSR count). The van der Waals surface area contributed by atoms with Gasteiger partial charge in [0.15, 0.2) is 5.78 Å². The van der Waals surface area contributed by atoms with Crippen LogP contribution in [0.15, 0.2) is 4.47 Å². The molecule has 0 bridgehead atoms. The van der Waals surface area contributed by atoms with Crippen LogP contribution in [-0.4, -0.2) is 22.1 Å². The van der Waals surface area contributed by atoms with Crippen molar-refractivity contribution in [3.05, 3.63) is 15.9 Å². The monoisotopic (exact) mass is 245 g/mol. The Labute approximate surface area is 85.2 Å². The number of hydrogen-bond donors (Lipinski definition) is 1. The highest BCUT2D eigenvalue weighted by Crippen LogP contribution is 2.19. The highest BCUT2D eigenvalue weighted by Gasteiger charge is 2.10. The Kier molecular flexibility index (Phi) is 3.22. The van der Waals surface area contributed by atoms with Crippen LogP contribution in [0.1, 0.15) is 11.4 Å². The van der Waals surface area contributed by atoms with Crippen LogP contribution >= 0.6 is 15.9 Å². The van der Waals surface area contributed by atoms with E-state index in [2.05, 4.69) is 21.0 Å². The van der Waals surface area contributed by atoms with E-state index in [9.17, 15) is 4.79 Å². The summed E-state index contributed by atoms with van der Waals surface area (Å²) >= 11 is 3.39. The van der Waals surface area contributed by atoms with Crippen LogP contribution in [0, 0.1) is 13.8 Å². The SMILES string of the molecule is Cc1nn(CC(=O)CN)c(C)c1Br. The van der Waals surface area contributed by atoms with Crippen molar-refractivity contribution in [2.75, 3.05) is 6.54 Å². The number of aromatic nitrogens is 2. The average Bonchev–Trinajstić information content (AvgIpc) is 2.34. The van der Waals surface area contributed by atoms with Gasteiger partial charge in [-0.05, 0) is 29.8 Å². The molecule has 5 heteroatoms. The maximum atomic E-state index is 11.1. The number of Topliss-reactive ketones (excluding diaryl/α,β-unsaturated/α-hetero) is 1. The zero-order valence-electron chi connectivity index (χ0n) is 7.67. The van der Waals surface area contributed by atoms with Crippen molar-refractivity contribution in [3.63, 3.8) is 0 Å². The van der Waals surface area contributed by atoms with Gasteiger partial charge in [-0.15, -0.1) is 0 Å². The van der Waals surface area contributed by atoms with Crippen LogP contribution in [-0.2, 0) is 11.3 Å². The fraction of sp³-hybridized carbons (Fsp3) is 0.500. The Hall–Kier alpha value is -0.680. The Morgan fingerprint density at radius 3 is 2.62 bits per heavy atom. The molecule has 1 aromatic heterocycles. The number of rotatable bonds is 3. The number of ketones is 1. The molecule has 0 aliphatic carbocycles. The van der Waals surface area contributed by atoms with Crippen LogP contribution < -0.4 is 5.73 Å². The molecule has 0 spiro atoms. The van der Waals surface area contributed by atoms with E-state index in [1.807, 2.05) is 13.8 Å². The van der Waals surface area contributed by atoms with E-state index in [0.29, 0.717) is 0 Å². The van der Waals surface area contributed by atoms with Gasteiger partial charge in [-0.3, -0.25) is 9.48 Å². The van der Waals surface area contributed by atoms with Gasteiger partial charge in [0.05, 0.1) is 22.4 Å². The molecule has 0 aromatic carbocycles. The van der Waals surface area contributed by atoms with Gasteiger partial charge in [0, 0.05) is 0 Å². The van der Waals surface area contributed by atoms with E-state index < -0.39 is 0 Å². The quantitative estimate of drug-likeness (QED) is 0.857. The first-order valence-electron chi connectivity index (χ1n) is 3.97. The Morgan fingerprint density at radius 2 is 2.23 bits per heavy atom. The minimum Gasteiger partial charge on any atom is -0.324 e. The minimum absolute atomic E-state index is 0.0156. The van der Waals surface area contributed by atoms with Crippen LogP contribution in [0.3, 0.4) is 0 Å². The first-order valence-corrected chi connectivity index (χ1v) is 4.76. The molecule has 1 aromatic rings. The third-order valence-corrected chi connectivity index (χ3v) is 2.99. The van der Waals surface area contributed by atoms with Crippen molar-refractivity contribution in [1.82, 2.24) is 9.78 Å². The van der Waals surface area contributed by atoms with E-state index in [1.165, 1.54) is 0 Å². The summed E-state index contributed by atoms with van der Waals surface area (Å²) in [5.41, 5.74) is 7.06. The minimum atomic E-state index is -0.0156. The summed E-state index contributed by atoms with van der Waals surface area (Å²) in [6, 6.07) is 0. The van der Waals surface area contributed by atoms with E-state index in [0.717, 1.165) is 15.9 Å². The van der Waals surface area contributed by atoms with E-state index in [4.69, 9.17) is 5.73 Å². The van der Waals surface area contributed by atoms with Gasteiger partial charge >= 0.3 is 0 Å². The topological polar surface area (TPSA) is 60.9 Å². The summed E-state index contributed by atoms with van der Waals surface area (Å²) < 4.78 is 2.62. The maximum Gasteiger partial charge on any atom is 0.167 e. The molecule has 0 saturated heterocycles. The molecular formula is C8H12BrN3O. The van der Waals surface area contributed by atoms with Crippen LogP contribution in [0.2, 0.25) is 0 Å². The molecule has 0 radical (unpaired) electrons. The van der Waals surface area contributed by atoms with Crippen molar-refractivity contribution >= 4 is 21.7 Å². The second kappa shape index (κ2) is 4.02. The fourth-order valence-corrected chi connectivity index (χ4v) is 1.34. The lowest BCUT2D eigenvalue weighted by atomic mass is 10.3. The van der Waals surface area contributed by atoms with Crippen molar-refractivity contribution in [1.29, 1.82) is 0 Å². The molecule has 0 aliphatic rings. The lowest BCUT2D eigenvalue weighted by Gasteiger charge is -2.01. The average molecular weight is 246 g/mol. The third-order valence-electron chi connectivity index (χ3n) is 1.85. The van der Waals surface area contributed by atoms with Gasteiger partial charge in [-0.1, -0.05) is 0 Å². The first kappa shape index (κ1) is 10.4. The van der Waals surface area contributed by atoms with Crippen molar-refractivity contribution in [2.45, 2.75) is 20.4 Å². The van der Waals surface area contributed by atoms with E-state index in [-0.39, 0.29) is 18.9 Å². The summed E-state index contributed by atoms with van der Waals surface area (Å²) in [6.07, 6.45) is 0. The molecule has 0 atom stereocenters. The van der Waals surface area contributed by atoms with Crippen LogP contribution in [0.4, 0.5) is 0 Å². The van der Waals surface area contributed by atoms with Crippen molar-refractivity contribution < 1.29 is 4.79 Å². The summed E-state index contributed by atoms with van der Waals surface area (Å²) in [5.74, 6) is -0.0156. The zero-order valence-corrected chi connectivity index (χ0v) is 9.26. The molecule has 0 amide bonds. The summed E-state index contributed by atoms with van der Waals surface area (Å²) in [7, 11) is 0. The summed E-state index contributed by atoms with van der Waals surface area (Å²) in [4.78, 5) is 11.1. The predicted molar refractivity (Wildman–Crippen MR) is 53.5 cm³/mol. The smallest absolute Gasteiger partial charge is 0.167 e. The molecule has 0 saturated carbocycles. The number of nitrogens with zero attached hydrogens (tertiary/aromatic N) is 2. The standard InChI is InChI=1S/C8H12BrN3O/c1-5-8(9)6(2)12(11-5)4-7(13)3-10/h3-4,10H2,1-2H3. The molecule has 13 heavy (non-hydrogen) atoms. The van der Waals surface area contributed by atoms with Crippen LogP contribution in [0.5, 0.6) is 0 Å². The highest BCUT2D eigenvalue weighted by molar-refractivity contribution is 9.10. The Bertz CT molecular complexity index is 332. The molecule has 4 nitrogen and oxygen atoms in total. The lowest BCUT2D eigenvalue weighted by molar-refractivity contribution is -0.118. The van der Waals surface area contributed by atoms with Gasteiger partial charge in [0.2, 0.25) is 0 Å².